The molecule has 0 bridgehead atoms. The van der Waals surface area contributed by atoms with Crippen molar-refractivity contribution in [3.05, 3.63) is 57.6 Å². The molecule has 0 atom stereocenters. The van der Waals surface area contributed by atoms with Crippen molar-refractivity contribution in [2.24, 2.45) is 0 Å². The zero-order chi connectivity index (χ0) is 15.0. The Morgan fingerprint density at radius 3 is 2.76 bits per heavy atom. The lowest BCUT2D eigenvalue weighted by Crippen LogP contribution is -2.12. The van der Waals surface area contributed by atoms with E-state index in [1.165, 1.54) is 16.9 Å². The first kappa shape index (κ1) is 14.0. The van der Waals surface area contributed by atoms with Crippen LogP contribution in [-0.4, -0.2) is 10.9 Å². The van der Waals surface area contributed by atoms with Crippen molar-refractivity contribution >= 4 is 44.7 Å². The monoisotopic (exact) mass is 316 g/mol. The van der Waals surface area contributed by atoms with Crippen LogP contribution in [0.3, 0.4) is 0 Å². The van der Waals surface area contributed by atoms with Crippen molar-refractivity contribution in [3.8, 4) is 0 Å². The number of hydrogen-bond donors (Lipinski definition) is 1. The highest BCUT2D eigenvalue weighted by molar-refractivity contribution is 7.17. The summed E-state index contributed by atoms with van der Waals surface area (Å²) >= 11 is 7.55. The Kier molecular flexibility index (Phi) is 3.66. The van der Waals surface area contributed by atoms with E-state index in [1.807, 2.05) is 38.1 Å². The summed E-state index contributed by atoms with van der Waals surface area (Å²) in [5, 5.41) is 3.53. The van der Waals surface area contributed by atoms with Crippen LogP contribution in [0.2, 0.25) is 5.02 Å². The lowest BCUT2D eigenvalue weighted by molar-refractivity contribution is 0.102. The molecule has 1 N–H and O–H groups in total. The van der Waals surface area contributed by atoms with Crippen LogP contribution in [0.5, 0.6) is 0 Å². The summed E-state index contributed by atoms with van der Waals surface area (Å²) in [6, 6.07) is 9.23. The zero-order valence-electron chi connectivity index (χ0n) is 11.6. The molecule has 0 aliphatic heterocycles. The molecule has 3 nitrogen and oxygen atoms in total. The molecule has 0 radical (unpaired) electrons. The molecule has 2 aromatic carbocycles. The minimum absolute atomic E-state index is 0.130. The molecule has 0 saturated carbocycles. The van der Waals surface area contributed by atoms with E-state index in [9.17, 15) is 4.79 Å². The van der Waals surface area contributed by atoms with Gasteiger partial charge in [0.2, 0.25) is 0 Å². The second kappa shape index (κ2) is 5.47. The second-order valence-electron chi connectivity index (χ2n) is 4.88. The average molecular weight is 317 g/mol. The maximum Gasteiger partial charge on any atom is 0.255 e. The highest BCUT2D eigenvalue weighted by atomic mass is 35.5. The molecular weight excluding hydrogens is 304 g/mol. The number of amides is 1. The van der Waals surface area contributed by atoms with Crippen LogP contribution in [0.4, 0.5) is 5.69 Å². The first-order chi connectivity index (χ1) is 10.1. The highest BCUT2D eigenvalue weighted by Gasteiger charge is 2.12. The van der Waals surface area contributed by atoms with Crippen molar-refractivity contribution in [3.63, 3.8) is 0 Å². The average Bonchev–Trinajstić information content (AvgIpc) is 2.95. The van der Waals surface area contributed by atoms with Crippen LogP contribution in [-0.2, 0) is 0 Å². The molecule has 0 aliphatic rings. The van der Waals surface area contributed by atoms with Gasteiger partial charge in [0.05, 0.1) is 20.9 Å². The maximum atomic E-state index is 12.4. The molecule has 106 valence electrons. The number of aromatic nitrogens is 1. The van der Waals surface area contributed by atoms with Gasteiger partial charge in [0.25, 0.3) is 5.91 Å². The SMILES string of the molecule is Cc1ccc(C(=O)Nc2ccc(Cl)c3ncsc23)cc1C. The second-order valence-corrected chi connectivity index (χ2v) is 6.14. The molecule has 1 aromatic heterocycles. The van der Waals surface area contributed by atoms with Gasteiger partial charge in [-0.2, -0.15) is 0 Å². The van der Waals surface area contributed by atoms with Crippen molar-refractivity contribution in [1.82, 2.24) is 4.98 Å². The van der Waals surface area contributed by atoms with E-state index in [4.69, 9.17) is 11.6 Å². The largest absolute Gasteiger partial charge is 0.321 e. The summed E-state index contributed by atoms with van der Waals surface area (Å²) < 4.78 is 0.889. The van der Waals surface area contributed by atoms with Gasteiger partial charge >= 0.3 is 0 Å². The number of carbonyl (C=O) groups is 1. The first-order valence-corrected chi connectivity index (χ1v) is 7.72. The normalized spacial score (nSPS) is 10.8. The number of fused-ring (bicyclic) bond motifs is 1. The summed E-state index contributed by atoms with van der Waals surface area (Å²) in [4.78, 5) is 16.6. The van der Waals surface area contributed by atoms with E-state index in [1.54, 1.807) is 11.6 Å². The minimum Gasteiger partial charge on any atom is -0.321 e. The first-order valence-electron chi connectivity index (χ1n) is 6.46. The van der Waals surface area contributed by atoms with Gasteiger partial charge in [-0.3, -0.25) is 4.79 Å². The van der Waals surface area contributed by atoms with E-state index in [0.717, 1.165) is 21.5 Å². The lowest BCUT2D eigenvalue weighted by Gasteiger charge is -2.08. The predicted octanol–water partition coefficient (Wildman–Crippen LogP) is 4.82. The molecule has 1 amide bonds. The molecule has 21 heavy (non-hydrogen) atoms. The zero-order valence-corrected chi connectivity index (χ0v) is 13.2. The number of nitrogens with one attached hydrogen (secondary N) is 1. The minimum atomic E-state index is -0.130. The van der Waals surface area contributed by atoms with Gasteiger partial charge in [-0.05, 0) is 49.2 Å². The van der Waals surface area contributed by atoms with Crippen LogP contribution in [0.25, 0.3) is 10.2 Å². The number of carbonyl (C=O) groups excluding carboxylic acids is 1. The number of anilines is 1. The Labute approximate surface area is 131 Å². The van der Waals surface area contributed by atoms with Crippen molar-refractivity contribution < 1.29 is 4.79 Å². The number of benzene rings is 2. The fourth-order valence-electron chi connectivity index (χ4n) is 2.09. The fourth-order valence-corrected chi connectivity index (χ4v) is 3.14. The summed E-state index contributed by atoms with van der Waals surface area (Å²) in [6.07, 6.45) is 0. The van der Waals surface area contributed by atoms with Gasteiger partial charge in [-0.25, -0.2) is 4.98 Å². The Morgan fingerprint density at radius 2 is 2.00 bits per heavy atom. The van der Waals surface area contributed by atoms with Crippen molar-refractivity contribution in [2.75, 3.05) is 5.32 Å². The summed E-state index contributed by atoms with van der Waals surface area (Å²) in [5.74, 6) is -0.130. The number of nitrogens with zero attached hydrogens (tertiary/aromatic N) is 1. The summed E-state index contributed by atoms with van der Waals surface area (Å²) in [5.41, 5.74) is 6.09. The molecule has 0 unspecified atom stereocenters. The number of hydrogen-bond acceptors (Lipinski definition) is 3. The van der Waals surface area contributed by atoms with Gasteiger partial charge in [-0.15, -0.1) is 11.3 Å². The van der Waals surface area contributed by atoms with E-state index in [-0.39, 0.29) is 5.91 Å². The number of rotatable bonds is 2. The molecule has 3 aromatic rings. The molecule has 3 rings (SSSR count). The van der Waals surface area contributed by atoms with Gasteiger partial charge in [-0.1, -0.05) is 17.7 Å². The fraction of sp³-hybridized carbons (Fsp3) is 0.125. The molecule has 1 heterocycles. The highest BCUT2D eigenvalue weighted by Crippen LogP contribution is 2.32. The Hall–Kier alpha value is -1.91. The van der Waals surface area contributed by atoms with E-state index >= 15 is 0 Å². The Balaban J connectivity index is 1.94. The third kappa shape index (κ3) is 2.64. The molecule has 0 aliphatic carbocycles. The topological polar surface area (TPSA) is 42.0 Å². The summed E-state index contributed by atoms with van der Waals surface area (Å²) in [7, 11) is 0. The Morgan fingerprint density at radius 1 is 1.19 bits per heavy atom. The summed E-state index contributed by atoms with van der Waals surface area (Å²) in [6.45, 7) is 4.02. The molecule has 0 fully saturated rings. The molecular formula is C16H13ClN2OS. The van der Waals surface area contributed by atoms with Crippen LogP contribution in [0, 0.1) is 13.8 Å². The van der Waals surface area contributed by atoms with Crippen LogP contribution in [0.15, 0.2) is 35.8 Å². The van der Waals surface area contributed by atoms with E-state index in [2.05, 4.69) is 10.3 Å². The predicted molar refractivity (Wildman–Crippen MR) is 88.5 cm³/mol. The standard InChI is InChI=1S/C16H13ClN2OS/c1-9-3-4-11(7-10(9)2)16(20)19-13-6-5-12(17)14-15(13)21-8-18-14/h3-8H,1-2H3,(H,19,20). The van der Waals surface area contributed by atoms with E-state index < -0.39 is 0 Å². The van der Waals surface area contributed by atoms with E-state index in [0.29, 0.717) is 10.6 Å². The van der Waals surface area contributed by atoms with Crippen molar-refractivity contribution in [2.45, 2.75) is 13.8 Å². The van der Waals surface area contributed by atoms with Crippen molar-refractivity contribution in [1.29, 1.82) is 0 Å². The van der Waals surface area contributed by atoms with Crippen LogP contribution >= 0.6 is 22.9 Å². The smallest absolute Gasteiger partial charge is 0.255 e. The Bertz CT molecular complexity index is 841. The van der Waals surface area contributed by atoms with Gasteiger partial charge in [0.15, 0.2) is 0 Å². The lowest BCUT2D eigenvalue weighted by atomic mass is 10.1. The van der Waals surface area contributed by atoms with Crippen LogP contribution < -0.4 is 5.32 Å². The molecule has 0 spiro atoms. The number of halogens is 1. The number of aryl methyl sites for hydroxylation is 2. The van der Waals surface area contributed by atoms with Gasteiger partial charge in [0.1, 0.15) is 5.52 Å². The number of thiazole rings is 1. The maximum absolute atomic E-state index is 12.4. The third-order valence-electron chi connectivity index (χ3n) is 3.45. The molecule has 0 saturated heterocycles. The third-order valence-corrected chi connectivity index (χ3v) is 4.62. The van der Waals surface area contributed by atoms with Crippen LogP contribution in [0.1, 0.15) is 21.5 Å². The van der Waals surface area contributed by atoms with Gasteiger partial charge in [0, 0.05) is 5.56 Å². The quantitative estimate of drug-likeness (QED) is 0.736. The molecule has 5 heteroatoms. The van der Waals surface area contributed by atoms with Gasteiger partial charge < -0.3 is 5.32 Å².